The predicted molar refractivity (Wildman–Crippen MR) is 100.0 cm³/mol. The number of aromatic nitrogens is 2. The van der Waals surface area contributed by atoms with Crippen LogP contribution in [-0.2, 0) is 14.8 Å². The van der Waals surface area contributed by atoms with E-state index in [1.54, 1.807) is 36.4 Å². The minimum atomic E-state index is -3.76. The van der Waals surface area contributed by atoms with E-state index in [0.717, 1.165) is 16.2 Å². The molecule has 0 spiro atoms. The third-order valence-corrected chi connectivity index (χ3v) is 5.87. The summed E-state index contributed by atoms with van der Waals surface area (Å²) in [4.78, 5) is 12.0. The van der Waals surface area contributed by atoms with Crippen molar-refractivity contribution in [3.05, 3.63) is 46.9 Å². The van der Waals surface area contributed by atoms with Gasteiger partial charge in [0.05, 0.1) is 11.7 Å². The molecule has 0 aliphatic rings. The molecule has 0 saturated heterocycles. The van der Waals surface area contributed by atoms with Crippen LogP contribution < -0.4 is 10.0 Å². The summed E-state index contributed by atoms with van der Waals surface area (Å²) in [5, 5.41) is 2.71. The van der Waals surface area contributed by atoms with E-state index in [0.29, 0.717) is 16.7 Å². The average molecular weight is 441 g/mol. The molecule has 25 heavy (non-hydrogen) atoms. The fourth-order valence-electron chi connectivity index (χ4n) is 2.13. The second-order valence-corrected chi connectivity index (χ2v) is 8.27. The van der Waals surface area contributed by atoms with Gasteiger partial charge in [0, 0.05) is 23.1 Å². The lowest BCUT2D eigenvalue weighted by molar-refractivity contribution is -0.116. The van der Waals surface area contributed by atoms with Crippen molar-refractivity contribution in [1.29, 1.82) is 0 Å². The molecule has 0 aliphatic carbocycles. The van der Waals surface area contributed by atoms with Gasteiger partial charge in [-0.05, 0) is 36.4 Å². The van der Waals surface area contributed by atoms with Crippen LogP contribution in [0.2, 0.25) is 0 Å². The molecule has 3 rings (SSSR count). The van der Waals surface area contributed by atoms with Crippen molar-refractivity contribution in [1.82, 2.24) is 13.5 Å². The van der Waals surface area contributed by atoms with Gasteiger partial charge in [0.2, 0.25) is 15.9 Å². The first kappa shape index (κ1) is 17.9. The smallest absolute Gasteiger partial charge is 0.242 e. The first-order valence-electron chi connectivity index (χ1n) is 7.22. The number of carbonyl (C=O) groups is 1. The number of nitrogens with one attached hydrogen (secondary N) is 2. The van der Waals surface area contributed by atoms with Gasteiger partial charge >= 0.3 is 0 Å². The Labute approximate surface area is 157 Å². The van der Waals surface area contributed by atoms with Crippen molar-refractivity contribution in [3.8, 4) is 0 Å². The fourth-order valence-corrected chi connectivity index (χ4v) is 4.19. The van der Waals surface area contributed by atoms with Gasteiger partial charge in [0.1, 0.15) is 15.9 Å². The van der Waals surface area contributed by atoms with Crippen molar-refractivity contribution >= 4 is 60.3 Å². The third-order valence-electron chi connectivity index (χ3n) is 3.31. The van der Waals surface area contributed by atoms with Crippen LogP contribution in [0.1, 0.15) is 6.42 Å². The van der Waals surface area contributed by atoms with Crippen LogP contribution in [0.25, 0.3) is 11.0 Å². The minimum absolute atomic E-state index is 0.0145. The van der Waals surface area contributed by atoms with Crippen LogP contribution in [0.5, 0.6) is 0 Å². The Kier molecular flexibility index (Phi) is 5.42. The Morgan fingerprint density at radius 2 is 1.88 bits per heavy atom. The van der Waals surface area contributed by atoms with E-state index in [4.69, 9.17) is 0 Å². The van der Waals surface area contributed by atoms with E-state index in [1.165, 1.54) is 6.07 Å². The summed E-state index contributed by atoms with van der Waals surface area (Å²) >= 11 is 4.27. The lowest BCUT2D eigenvalue weighted by Gasteiger charge is -2.08. The number of hydrogen-bond donors (Lipinski definition) is 2. The molecule has 2 N–H and O–H groups in total. The highest BCUT2D eigenvalue weighted by Gasteiger charge is 2.19. The molecule has 1 amide bonds. The summed E-state index contributed by atoms with van der Waals surface area (Å²) < 4.78 is 36.2. The van der Waals surface area contributed by atoms with E-state index in [2.05, 4.69) is 34.7 Å². The molecule has 1 aromatic heterocycles. The first-order valence-corrected chi connectivity index (χ1v) is 10.2. The second-order valence-electron chi connectivity index (χ2n) is 5.09. The molecule has 0 bridgehead atoms. The maximum Gasteiger partial charge on any atom is 0.242 e. The van der Waals surface area contributed by atoms with Gasteiger partial charge < -0.3 is 5.32 Å². The second kappa shape index (κ2) is 7.56. The maximum atomic E-state index is 12.4. The number of carbonyl (C=O) groups excluding carboxylic acids is 1. The lowest BCUT2D eigenvalue weighted by atomic mass is 10.3. The number of amides is 1. The summed E-state index contributed by atoms with van der Waals surface area (Å²) in [5.74, 6) is -0.279. The standard InChI is InChI=1S/C15H13BrN4O3S2/c16-10-4-6-11(7-5-10)18-14(21)8-9-17-25(22,23)13-3-1-2-12-15(13)20-24-19-12/h1-7,17H,8-9H2,(H,18,21). The highest BCUT2D eigenvalue weighted by atomic mass is 79.9. The number of sulfonamides is 1. The molecular weight excluding hydrogens is 428 g/mol. The molecule has 1 heterocycles. The molecular formula is C15H13BrN4O3S2. The quantitative estimate of drug-likeness (QED) is 0.613. The largest absolute Gasteiger partial charge is 0.326 e. The van der Waals surface area contributed by atoms with Gasteiger partial charge in [-0.15, -0.1) is 0 Å². The Bertz CT molecular complexity index is 1000. The normalized spacial score (nSPS) is 11.6. The maximum absolute atomic E-state index is 12.4. The zero-order valence-electron chi connectivity index (χ0n) is 12.8. The van der Waals surface area contributed by atoms with Crippen LogP contribution in [0.4, 0.5) is 5.69 Å². The SMILES string of the molecule is O=C(CCNS(=O)(=O)c1cccc2nsnc12)Nc1ccc(Br)cc1. The van der Waals surface area contributed by atoms with E-state index >= 15 is 0 Å². The first-order chi connectivity index (χ1) is 12.0. The van der Waals surface area contributed by atoms with Gasteiger partial charge in [0.25, 0.3) is 0 Å². The summed E-state index contributed by atoms with van der Waals surface area (Å²) in [5.41, 5.74) is 1.51. The van der Waals surface area contributed by atoms with Crippen LogP contribution in [0.15, 0.2) is 51.8 Å². The van der Waals surface area contributed by atoms with Gasteiger partial charge in [0.15, 0.2) is 0 Å². The molecule has 3 aromatic rings. The summed E-state index contributed by atoms with van der Waals surface area (Å²) in [6, 6.07) is 11.9. The summed E-state index contributed by atoms with van der Waals surface area (Å²) in [6.07, 6.45) is 0.0145. The summed E-state index contributed by atoms with van der Waals surface area (Å²) in [6.45, 7) is -0.0152. The van der Waals surface area contributed by atoms with E-state index in [1.807, 2.05) is 0 Å². The monoisotopic (exact) mass is 440 g/mol. The molecule has 7 nitrogen and oxygen atoms in total. The van der Waals surface area contributed by atoms with Crippen LogP contribution in [0.3, 0.4) is 0 Å². The molecule has 10 heteroatoms. The van der Waals surface area contributed by atoms with E-state index in [9.17, 15) is 13.2 Å². The number of nitrogens with zero attached hydrogens (tertiary/aromatic N) is 2. The number of halogens is 1. The number of benzene rings is 2. The van der Waals surface area contributed by atoms with Crippen molar-refractivity contribution in [2.75, 3.05) is 11.9 Å². The van der Waals surface area contributed by atoms with Crippen LogP contribution >= 0.6 is 27.7 Å². The molecule has 0 atom stereocenters. The number of anilines is 1. The molecule has 0 radical (unpaired) electrons. The predicted octanol–water partition coefficient (Wildman–Crippen LogP) is 2.76. The van der Waals surface area contributed by atoms with Gasteiger partial charge in [-0.1, -0.05) is 22.0 Å². The Hall–Kier alpha value is -1.88. The Morgan fingerprint density at radius 1 is 1.12 bits per heavy atom. The molecule has 0 fully saturated rings. The highest BCUT2D eigenvalue weighted by Crippen LogP contribution is 2.20. The van der Waals surface area contributed by atoms with Crippen molar-refractivity contribution in [3.63, 3.8) is 0 Å². The number of hydrogen-bond acceptors (Lipinski definition) is 6. The van der Waals surface area contributed by atoms with E-state index < -0.39 is 10.0 Å². The topological polar surface area (TPSA) is 101 Å². The Morgan fingerprint density at radius 3 is 2.64 bits per heavy atom. The number of fused-ring (bicyclic) bond motifs is 1. The third kappa shape index (κ3) is 4.40. The Balaban J connectivity index is 1.60. The average Bonchev–Trinajstić information content (AvgIpc) is 3.05. The van der Waals surface area contributed by atoms with Crippen LogP contribution in [0, 0.1) is 0 Å². The van der Waals surface area contributed by atoms with E-state index in [-0.39, 0.29) is 23.8 Å². The zero-order valence-corrected chi connectivity index (χ0v) is 16.0. The lowest BCUT2D eigenvalue weighted by Crippen LogP contribution is -2.28. The number of rotatable bonds is 6. The fraction of sp³-hybridized carbons (Fsp3) is 0.133. The van der Waals surface area contributed by atoms with Crippen molar-refractivity contribution in [2.24, 2.45) is 0 Å². The molecule has 0 aliphatic heterocycles. The van der Waals surface area contributed by atoms with Gasteiger partial charge in [-0.3, -0.25) is 4.79 Å². The van der Waals surface area contributed by atoms with Gasteiger partial charge in [-0.2, -0.15) is 8.75 Å². The molecule has 130 valence electrons. The minimum Gasteiger partial charge on any atom is -0.326 e. The van der Waals surface area contributed by atoms with Crippen molar-refractivity contribution < 1.29 is 13.2 Å². The summed E-state index contributed by atoms with van der Waals surface area (Å²) in [7, 11) is -3.76. The zero-order chi connectivity index (χ0) is 17.9. The molecule has 0 unspecified atom stereocenters. The highest BCUT2D eigenvalue weighted by molar-refractivity contribution is 9.10. The molecule has 0 saturated carbocycles. The van der Waals surface area contributed by atoms with Crippen LogP contribution in [-0.4, -0.2) is 29.6 Å². The van der Waals surface area contributed by atoms with Crippen molar-refractivity contribution in [2.45, 2.75) is 11.3 Å². The van der Waals surface area contributed by atoms with Gasteiger partial charge in [-0.25, -0.2) is 13.1 Å². The molecule has 2 aromatic carbocycles.